The molecule has 0 saturated carbocycles. The Morgan fingerprint density at radius 1 is 0.688 bits per heavy atom. The van der Waals surface area contributed by atoms with Gasteiger partial charge in [0.2, 0.25) is 0 Å². The maximum Gasteiger partial charge on any atom is 0.259 e. The van der Waals surface area contributed by atoms with Crippen LogP contribution in [-0.2, 0) is 7.05 Å². The van der Waals surface area contributed by atoms with Crippen LogP contribution in [0.5, 0.6) is 0 Å². The van der Waals surface area contributed by atoms with Gasteiger partial charge in [0.25, 0.3) is 5.82 Å². The molecule has 0 radical (unpaired) electrons. The Hall–Kier alpha value is -4.05. The van der Waals surface area contributed by atoms with Gasteiger partial charge in [-0.25, -0.2) is 4.57 Å². The van der Waals surface area contributed by atoms with Gasteiger partial charge in [0.05, 0.1) is 12.4 Å². The molecule has 4 aromatic carbocycles. The summed E-state index contributed by atoms with van der Waals surface area (Å²) in [6.45, 7) is 4.31. The van der Waals surface area contributed by atoms with E-state index in [4.69, 9.17) is 8.83 Å². The molecule has 0 amide bonds. The summed E-state index contributed by atoms with van der Waals surface area (Å²) in [5.41, 5.74) is 8.22. The van der Waals surface area contributed by atoms with E-state index < -0.39 is 0 Å². The number of aryl methyl sites for hydroxylation is 2. The smallest absolute Gasteiger partial charge is 0.259 e. The van der Waals surface area contributed by atoms with Crippen molar-refractivity contribution in [3.8, 4) is 5.69 Å². The van der Waals surface area contributed by atoms with Gasteiger partial charge in [-0.1, -0.05) is 42.5 Å². The van der Waals surface area contributed by atoms with Crippen molar-refractivity contribution in [2.45, 2.75) is 13.8 Å². The zero-order chi connectivity index (χ0) is 21.6. The maximum absolute atomic E-state index is 6.43. The van der Waals surface area contributed by atoms with Crippen molar-refractivity contribution in [3.05, 3.63) is 84.2 Å². The van der Waals surface area contributed by atoms with Gasteiger partial charge >= 0.3 is 0 Å². The number of furan rings is 2. The minimum Gasteiger partial charge on any atom is -0.456 e. The molecule has 0 aliphatic rings. The lowest BCUT2D eigenvalue weighted by Crippen LogP contribution is -2.31. The number of rotatable bonds is 1. The normalized spacial score (nSPS) is 12.2. The van der Waals surface area contributed by atoms with Crippen molar-refractivity contribution in [2.75, 3.05) is 0 Å². The molecule has 3 aromatic heterocycles. The number of fused-ring (bicyclic) bond motifs is 8. The number of para-hydroxylation sites is 2. The summed E-state index contributed by atoms with van der Waals surface area (Å²) in [6, 6.07) is 25.1. The lowest BCUT2D eigenvalue weighted by atomic mass is 10.1. The van der Waals surface area contributed by atoms with E-state index in [0.29, 0.717) is 0 Å². The molecule has 0 spiro atoms. The third-order valence-corrected chi connectivity index (χ3v) is 6.83. The lowest BCUT2D eigenvalue weighted by molar-refractivity contribution is -0.651. The fourth-order valence-electron chi connectivity index (χ4n) is 5.23. The van der Waals surface area contributed by atoms with Crippen LogP contribution in [0, 0.1) is 13.8 Å². The molecule has 4 nitrogen and oxygen atoms in total. The Bertz CT molecular complexity index is 1860. The summed E-state index contributed by atoms with van der Waals surface area (Å²) >= 11 is 0. The first kappa shape index (κ1) is 17.6. The zero-order valence-electron chi connectivity index (χ0n) is 18.1. The third kappa shape index (κ3) is 2.09. The van der Waals surface area contributed by atoms with E-state index in [2.05, 4.69) is 78.6 Å². The average molecular weight is 417 g/mol. The van der Waals surface area contributed by atoms with Crippen LogP contribution in [0.3, 0.4) is 0 Å². The van der Waals surface area contributed by atoms with Gasteiger partial charge in [-0.3, -0.25) is 0 Å². The van der Waals surface area contributed by atoms with Gasteiger partial charge in [0, 0.05) is 28.6 Å². The largest absolute Gasteiger partial charge is 0.456 e. The number of imidazole rings is 1. The summed E-state index contributed by atoms with van der Waals surface area (Å²) in [4.78, 5) is 0. The van der Waals surface area contributed by atoms with Crippen molar-refractivity contribution in [3.63, 3.8) is 0 Å². The Morgan fingerprint density at radius 2 is 1.41 bits per heavy atom. The Morgan fingerprint density at radius 3 is 2.22 bits per heavy atom. The second kappa shape index (κ2) is 6.01. The number of hydrogen-bond donors (Lipinski definition) is 0. The van der Waals surface area contributed by atoms with Crippen molar-refractivity contribution in [2.24, 2.45) is 7.05 Å². The third-order valence-electron chi connectivity index (χ3n) is 6.83. The molecule has 7 aromatic rings. The van der Waals surface area contributed by atoms with E-state index in [0.717, 1.165) is 66.4 Å². The number of nitrogens with zero attached hydrogens (tertiary/aromatic N) is 2. The molecule has 4 heteroatoms. The van der Waals surface area contributed by atoms with E-state index in [9.17, 15) is 0 Å². The Balaban J connectivity index is 1.68. The van der Waals surface area contributed by atoms with Crippen LogP contribution in [-0.4, -0.2) is 4.57 Å². The first-order valence-electron chi connectivity index (χ1n) is 10.9. The van der Waals surface area contributed by atoms with Gasteiger partial charge in [0.15, 0.2) is 22.3 Å². The zero-order valence-corrected chi connectivity index (χ0v) is 18.1. The second-order valence-electron chi connectivity index (χ2n) is 8.55. The van der Waals surface area contributed by atoms with E-state index in [-0.39, 0.29) is 0 Å². The van der Waals surface area contributed by atoms with E-state index in [1.165, 1.54) is 5.56 Å². The molecule has 154 valence electrons. The van der Waals surface area contributed by atoms with Crippen molar-refractivity contribution in [1.29, 1.82) is 0 Å². The molecule has 7 rings (SSSR count). The summed E-state index contributed by atoms with van der Waals surface area (Å²) in [5, 5.41) is 4.57. The molecule has 0 unspecified atom stereocenters. The van der Waals surface area contributed by atoms with Crippen molar-refractivity contribution in [1.82, 2.24) is 4.57 Å². The second-order valence-corrected chi connectivity index (χ2v) is 8.55. The van der Waals surface area contributed by atoms with Crippen LogP contribution in [0.4, 0.5) is 0 Å². The first-order valence-corrected chi connectivity index (χ1v) is 10.9. The Labute approximate surface area is 183 Å². The number of benzene rings is 4. The molecule has 0 aliphatic carbocycles. The predicted molar refractivity (Wildman–Crippen MR) is 128 cm³/mol. The van der Waals surface area contributed by atoms with Crippen LogP contribution in [0.1, 0.15) is 11.4 Å². The number of aromatic nitrogens is 2. The minimum atomic E-state index is 0.908. The monoisotopic (exact) mass is 417 g/mol. The predicted octanol–water partition coefficient (Wildman–Crippen LogP) is 6.87. The van der Waals surface area contributed by atoms with Gasteiger partial charge in [-0.2, -0.15) is 4.57 Å². The SMILES string of the molecule is Cc1ccc2c(oc3ccccc32)c1-n1c(C)[n+](C)c2c3c(ccc21)oc1ccccc13. The fraction of sp³-hybridized carbons (Fsp3) is 0.107. The van der Waals surface area contributed by atoms with Gasteiger partial charge in [-0.05, 0) is 37.3 Å². The van der Waals surface area contributed by atoms with E-state index in [1.54, 1.807) is 0 Å². The van der Waals surface area contributed by atoms with Crippen molar-refractivity contribution < 1.29 is 13.4 Å². The molecule has 0 bridgehead atoms. The molecule has 0 atom stereocenters. The highest BCUT2D eigenvalue weighted by atomic mass is 16.3. The maximum atomic E-state index is 6.43. The highest BCUT2D eigenvalue weighted by Crippen LogP contribution is 2.38. The molecule has 32 heavy (non-hydrogen) atoms. The highest BCUT2D eigenvalue weighted by Gasteiger charge is 2.29. The average Bonchev–Trinajstić information content (AvgIpc) is 3.44. The van der Waals surface area contributed by atoms with E-state index >= 15 is 0 Å². The summed E-state index contributed by atoms with van der Waals surface area (Å²) in [7, 11) is 2.13. The van der Waals surface area contributed by atoms with Crippen LogP contribution in [0.15, 0.2) is 81.6 Å². The molecule has 3 heterocycles. The van der Waals surface area contributed by atoms with E-state index in [1.807, 2.05) is 24.3 Å². The van der Waals surface area contributed by atoms with Gasteiger partial charge < -0.3 is 8.83 Å². The van der Waals surface area contributed by atoms with Gasteiger partial charge in [-0.15, -0.1) is 0 Å². The number of hydrogen-bond acceptors (Lipinski definition) is 2. The summed E-state index contributed by atoms with van der Waals surface area (Å²) < 4.78 is 17.2. The van der Waals surface area contributed by atoms with Gasteiger partial charge in [0.1, 0.15) is 16.7 Å². The quantitative estimate of drug-likeness (QED) is 0.273. The molecule has 0 fully saturated rings. The molecule has 0 saturated heterocycles. The fourth-order valence-corrected chi connectivity index (χ4v) is 5.23. The highest BCUT2D eigenvalue weighted by molar-refractivity contribution is 6.16. The van der Waals surface area contributed by atoms with Crippen LogP contribution < -0.4 is 4.57 Å². The minimum absolute atomic E-state index is 0.908. The topological polar surface area (TPSA) is 35.1 Å². The Kier molecular flexibility index (Phi) is 3.31. The first-order chi connectivity index (χ1) is 15.6. The summed E-state index contributed by atoms with van der Waals surface area (Å²) in [6.07, 6.45) is 0. The molecular weight excluding hydrogens is 396 g/mol. The van der Waals surface area contributed by atoms with Crippen molar-refractivity contribution >= 4 is 54.9 Å². The standard InChI is InChI=1S/C28H21N2O2/c1-16-12-13-19-18-8-4-6-10-22(18)32-28(19)26(16)30-17(2)29(3)27-21(30)14-15-24-25(27)20-9-5-7-11-23(20)31-24/h4-15H,1-3H3/q+1. The van der Waals surface area contributed by atoms with Crippen LogP contribution >= 0.6 is 0 Å². The molecular formula is C28H21N2O2+. The molecule has 0 aliphatic heterocycles. The molecule has 0 N–H and O–H groups in total. The lowest BCUT2D eigenvalue weighted by Gasteiger charge is -2.05. The van der Waals surface area contributed by atoms with Crippen LogP contribution in [0.2, 0.25) is 0 Å². The summed E-state index contributed by atoms with van der Waals surface area (Å²) in [5.74, 6) is 1.13. The van der Waals surface area contributed by atoms with Crippen LogP contribution in [0.25, 0.3) is 60.6 Å².